The summed E-state index contributed by atoms with van der Waals surface area (Å²) in [4.78, 5) is 19.0. The van der Waals surface area contributed by atoms with Crippen LogP contribution in [0.4, 0.5) is 0 Å². The van der Waals surface area contributed by atoms with Crippen molar-refractivity contribution in [3.05, 3.63) is 54.6 Å². The SMILES string of the molecule is O=C(O)c1ncn2c(-c3ccccc3)ccnc12. The summed E-state index contributed by atoms with van der Waals surface area (Å²) in [6, 6.07) is 11.5. The summed E-state index contributed by atoms with van der Waals surface area (Å²) in [6.07, 6.45) is 3.07. The molecule has 18 heavy (non-hydrogen) atoms. The average Bonchev–Trinajstić information content (AvgIpc) is 2.83. The number of hydrogen-bond donors (Lipinski definition) is 1. The summed E-state index contributed by atoms with van der Waals surface area (Å²) in [5.41, 5.74) is 2.16. The van der Waals surface area contributed by atoms with E-state index in [9.17, 15) is 4.79 Å². The molecule has 0 fully saturated rings. The number of carboxylic acid groups (broad SMARTS) is 1. The van der Waals surface area contributed by atoms with Crippen molar-refractivity contribution in [1.29, 1.82) is 0 Å². The van der Waals surface area contributed by atoms with E-state index in [0.29, 0.717) is 5.65 Å². The maximum atomic E-state index is 11.0. The molecule has 2 aromatic heterocycles. The highest BCUT2D eigenvalue weighted by Crippen LogP contribution is 2.20. The van der Waals surface area contributed by atoms with E-state index in [0.717, 1.165) is 11.3 Å². The van der Waals surface area contributed by atoms with E-state index in [1.807, 2.05) is 36.4 Å². The first-order valence-corrected chi connectivity index (χ1v) is 5.38. The number of benzene rings is 1. The average molecular weight is 239 g/mol. The van der Waals surface area contributed by atoms with Gasteiger partial charge in [-0.15, -0.1) is 0 Å². The highest BCUT2D eigenvalue weighted by atomic mass is 16.4. The van der Waals surface area contributed by atoms with Crippen LogP contribution in [0, 0.1) is 0 Å². The van der Waals surface area contributed by atoms with Gasteiger partial charge in [0.25, 0.3) is 0 Å². The predicted molar refractivity (Wildman–Crippen MR) is 65.4 cm³/mol. The van der Waals surface area contributed by atoms with Crippen LogP contribution in [-0.4, -0.2) is 25.4 Å². The van der Waals surface area contributed by atoms with Gasteiger partial charge in [0.1, 0.15) is 6.33 Å². The standard InChI is InChI=1S/C13H9N3O2/c17-13(18)11-12-14-7-6-10(16(12)8-15-11)9-4-2-1-3-5-9/h1-8H,(H,17,18). The van der Waals surface area contributed by atoms with Crippen LogP contribution in [0.3, 0.4) is 0 Å². The predicted octanol–water partition coefficient (Wildman–Crippen LogP) is 2.09. The Bertz CT molecular complexity index is 719. The van der Waals surface area contributed by atoms with Crippen LogP contribution in [0.2, 0.25) is 0 Å². The van der Waals surface area contributed by atoms with Gasteiger partial charge in [-0.2, -0.15) is 0 Å². The normalized spacial score (nSPS) is 10.7. The Morgan fingerprint density at radius 1 is 1.11 bits per heavy atom. The number of carboxylic acids is 1. The second kappa shape index (κ2) is 3.96. The second-order valence-electron chi connectivity index (χ2n) is 3.79. The summed E-state index contributed by atoms with van der Waals surface area (Å²) in [5.74, 6) is -1.07. The van der Waals surface area contributed by atoms with Gasteiger partial charge in [0.15, 0.2) is 11.3 Å². The molecule has 0 bridgehead atoms. The number of rotatable bonds is 2. The van der Waals surface area contributed by atoms with Crippen molar-refractivity contribution in [2.24, 2.45) is 0 Å². The molecule has 0 spiro atoms. The van der Waals surface area contributed by atoms with Gasteiger partial charge < -0.3 is 5.11 Å². The van der Waals surface area contributed by atoms with E-state index in [-0.39, 0.29) is 5.69 Å². The first-order chi connectivity index (χ1) is 8.77. The fourth-order valence-corrected chi connectivity index (χ4v) is 1.90. The molecule has 1 aromatic carbocycles. The molecular formula is C13H9N3O2. The smallest absolute Gasteiger partial charge is 0.358 e. The van der Waals surface area contributed by atoms with Crippen LogP contribution >= 0.6 is 0 Å². The highest BCUT2D eigenvalue weighted by molar-refractivity contribution is 5.92. The maximum absolute atomic E-state index is 11.0. The lowest BCUT2D eigenvalue weighted by Crippen LogP contribution is -1.99. The molecule has 0 radical (unpaired) electrons. The molecule has 88 valence electrons. The molecule has 1 N–H and O–H groups in total. The van der Waals surface area contributed by atoms with Gasteiger partial charge in [-0.25, -0.2) is 14.8 Å². The van der Waals surface area contributed by atoms with Crippen molar-refractivity contribution in [2.75, 3.05) is 0 Å². The third kappa shape index (κ3) is 1.53. The molecular weight excluding hydrogens is 230 g/mol. The van der Waals surface area contributed by atoms with Crippen LogP contribution in [0.1, 0.15) is 10.5 Å². The lowest BCUT2D eigenvalue weighted by atomic mass is 10.1. The summed E-state index contributed by atoms with van der Waals surface area (Å²) in [5, 5.41) is 9.02. The van der Waals surface area contributed by atoms with E-state index in [1.165, 1.54) is 6.33 Å². The van der Waals surface area contributed by atoms with Crippen LogP contribution in [0.5, 0.6) is 0 Å². The van der Waals surface area contributed by atoms with Crippen LogP contribution < -0.4 is 0 Å². The fourth-order valence-electron chi connectivity index (χ4n) is 1.90. The summed E-state index contributed by atoms with van der Waals surface area (Å²) < 4.78 is 1.68. The van der Waals surface area contributed by atoms with Crippen molar-refractivity contribution >= 4 is 11.6 Å². The lowest BCUT2D eigenvalue weighted by molar-refractivity contribution is 0.0693. The van der Waals surface area contributed by atoms with Crippen molar-refractivity contribution < 1.29 is 9.90 Å². The van der Waals surface area contributed by atoms with Crippen LogP contribution in [0.15, 0.2) is 48.9 Å². The molecule has 0 saturated heterocycles. The van der Waals surface area contributed by atoms with Gasteiger partial charge in [0, 0.05) is 6.20 Å². The van der Waals surface area contributed by atoms with E-state index in [1.54, 1.807) is 10.6 Å². The zero-order valence-corrected chi connectivity index (χ0v) is 9.32. The van der Waals surface area contributed by atoms with Crippen molar-refractivity contribution in [3.63, 3.8) is 0 Å². The van der Waals surface area contributed by atoms with Gasteiger partial charge in [0.2, 0.25) is 0 Å². The Morgan fingerprint density at radius 3 is 2.61 bits per heavy atom. The molecule has 0 aliphatic carbocycles. The monoisotopic (exact) mass is 239 g/mol. The number of aromatic nitrogens is 3. The topological polar surface area (TPSA) is 67.5 Å². The van der Waals surface area contributed by atoms with Crippen molar-refractivity contribution in [3.8, 4) is 11.3 Å². The third-order valence-electron chi connectivity index (χ3n) is 2.70. The molecule has 0 saturated carbocycles. The lowest BCUT2D eigenvalue weighted by Gasteiger charge is -2.04. The summed E-state index contributed by atoms with van der Waals surface area (Å²) in [6.45, 7) is 0. The number of hydrogen-bond acceptors (Lipinski definition) is 3. The Kier molecular flexibility index (Phi) is 2.30. The largest absolute Gasteiger partial charge is 0.476 e. The molecule has 0 aliphatic heterocycles. The number of aromatic carboxylic acids is 1. The molecule has 3 rings (SSSR count). The van der Waals surface area contributed by atoms with Crippen LogP contribution in [-0.2, 0) is 0 Å². The zero-order chi connectivity index (χ0) is 12.5. The van der Waals surface area contributed by atoms with Gasteiger partial charge in [0.05, 0.1) is 5.69 Å². The number of fused-ring (bicyclic) bond motifs is 1. The summed E-state index contributed by atoms with van der Waals surface area (Å²) >= 11 is 0. The van der Waals surface area contributed by atoms with Crippen molar-refractivity contribution in [1.82, 2.24) is 14.4 Å². The second-order valence-corrected chi connectivity index (χ2v) is 3.79. The number of imidazole rings is 1. The zero-order valence-electron chi connectivity index (χ0n) is 9.32. The van der Waals surface area contributed by atoms with Gasteiger partial charge in [-0.05, 0) is 11.6 Å². The molecule has 0 aliphatic rings. The third-order valence-corrected chi connectivity index (χ3v) is 2.70. The molecule has 3 aromatic rings. The Labute approximate surface area is 102 Å². The Hall–Kier alpha value is -2.69. The molecule has 0 unspecified atom stereocenters. The Balaban J connectivity index is 2.29. The van der Waals surface area contributed by atoms with E-state index in [2.05, 4.69) is 9.97 Å². The number of carbonyl (C=O) groups is 1. The van der Waals surface area contributed by atoms with E-state index >= 15 is 0 Å². The minimum absolute atomic E-state index is 0.0345. The Morgan fingerprint density at radius 2 is 1.89 bits per heavy atom. The quantitative estimate of drug-likeness (QED) is 0.743. The highest BCUT2D eigenvalue weighted by Gasteiger charge is 2.14. The molecule has 2 heterocycles. The molecule has 5 heteroatoms. The van der Waals surface area contributed by atoms with Gasteiger partial charge in [-0.1, -0.05) is 30.3 Å². The first-order valence-electron chi connectivity index (χ1n) is 5.38. The van der Waals surface area contributed by atoms with Crippen molar-refractivity contribution in [2.45, 2.75) is 0 Å². The van der Waals surface area contributed by atoms with Gasteiger partial charge >= 0.3 is 5.97 Å². The van der Waals surface area contributed by atoms with E-state index in [4.69, 9.17) is 5.11 Å². The maximum Gasteiger partial charge on any atom is 0.358 e. The van der Waals surface area contributed by atoms with E-state index < -0.39 is 5.97 Å². The molecule has 0 atom stereocenters. The fraction of sp³-hybridized carbons (Fsp3) is 0. The molecule has 5 nitrogen and oxygen atoms in total. The first kappa shape index (κ1) is 10.5. The summed E-state index contributed by atoms with van der Waals surface area (Å²) in [7, 11) is 0. The van der Waals surface area contributed by atoms with Crippen LogP contribution in [0.25, 0.3) is 16.9 Å². The minimum Gasteiger partial charge on any atom is -0.476 e. The van der Waals surface area contributed by atoms with Gasteiger partial charge in [-0.3, -0.25) is 4.40 Å². The molecule has 0 amide bonds. The number of nitrogens with zero attached hydrogens (tertiary/aromatic N) is 3. The minimum atomic E-state index is -1.07.